The fourth-order valence-electron chi connectivity index (χ4n) is 2.22. The smallest absolute Gasteiger partial charge is 0.123 e. The Morgan fingerprint density at radius 2 is 2.14 bits per heavy atom. The van der Waals surface area contributed by atoms with E-state index in [2.05, 4.69) is 24.3 Å². The molecule has 21 heavy (non-hydrogen) atoms. The van der Waals surface area contributed by atoms with Crippen LogP contribution in [0.4, 0.5) is 4.39 Å². The number of hydrogen-bond donors (Lipinski definition) is 1. The van der Waals surface area contributed by atoms with Gasteiger partial charge < -0.3 is 5.32 Å². The summed E-state index contributed by atoms with van der Waals surface area (Å²) in [6, 6.07) is 7.15. The maximum absolute atomic E-state index is 13.6. The van der Waals surface area contributed by atoms with Crippen LogP contribution in [0.3, 0.4) is 0 Å². The summed E-state index contributed by atoms with van der Waals surface area (Å²) in [7, 11) is 1.93. The average Bonchev–Trinajstić information content (AvgIpc) is 2.76. The molecule has 0 fully saturated rings. The van der Waals surface area contributed by atoms with E-state index in [4.69, 9.17) is 0 Å². The van der Waals surface area contributed by atoms with Crippen molar-refractivity contribution in [3.05, 3.63) is 41.3 Å². The highest BCUT2D eigenvalue weighted by Crippen LogP contribution is 2.33. The van der Waals surface area contributed by atoms with Gasteiger partial charge in [-0.15, -0.1) is 0 Å². The summed E-state index contributed by atoms with van der Waals surface area (Å²) in [5.74, 6) is -0.194. The van der Waals surface area contributed by atoms with E-state index in [1.165, 1.54) is 6.07 Å². The van der Waals surface area contributed by atoms with Gasteiger partial charge >= 0.3 is 0 Å². The van der Waals surface area contributed by atoms with Crippen LogP contribution in [0.1, 0.15) is 37.6 Å². The van der Waals surface area contributed by atoms with Gasteiger partial charge in [0.1, 0.15) is 5.82 Å². The van der Waals surface area contributed by atoms with E-state index in [-0.39, 0.29) is 11.9 Å². The lowest BCUT2D eigenvalue weighted by atomic mass is 10.1. The van der Waals surface area contributed by atoms with Gasteiger partial charge in [0.15, 0.2) is 0 Å². The lowest BCUT2D eigenvalue weighted by molar-refractivity contribution is 0.554. The normalized spacial score (nSPS) is 12.6. The molecule has 1 aromatic carbocycles. The first kappa shape index (κ1) is 16.0. The lowest BCUT2D eigenvalue weighted by Crippen LogP contribution is -2.20. The molecule has 5 heteroatoms. The molecule has 0 saturated heterocycles. The van der Waals surface area contributed by atoms with Crippen molar-refractivity contribution in [1.29, 1.82) is 0 Å². The van der Waals surface area contributed by atoms with Crippen LogP contribution in [0.15, 0.2) is 34.2 Å². The summed E-state index contributed by atoms with van der Waals surface area (Å²) in [6.45, 7) is 7.09. The Morgan fingerprint density at radius 3 is 2.76 bits per heavy atom. The number of nitrogens with zero attached hydrogens (tertiary/aromatic N) is 2. The highest BCUT2D eigenvalue weighted by molar-refractivity contribution is 7.99. The zero-order valence-electron chi connectivity index (χ0n) is 13.0. The predicted molar refractivity (Wildman–Crippen MR) is 85.2 cm³/mol. The maximum atomic E-state index is 13.6. The molecule has 114 valence electrons. The quantitative estimate of drug-likeness (QED) is 0.872. The van der Waals surface area contributed by atoms with Gasteiger partial charge in [0.2, 0.25) is 0 Å². The summed E-state index contributed by atoms with van der Waals surface area (Å²) in [6.07, 6.45) is 1.06. The van der Waals surface area contributed by atoms with Crippen LogP contribution < -0.4 is 5.32 Å². The van der Waals surface area contributed by atoms with Gasteiger partial charge in [-0.1, -0.05) is 18.7 Å². The zero-order chi connectivity index (χ0) is 15.4. The van der Waals surface area contributed by atoms with Gasteiger partial charge in [-0.3, -0.25) is 4.68 Å². The number of aromatic nitrogens is 2. The molecule has 1 N–H and O–H groups in total. The van der Waals surface area contributed by atoms with E-state index in [1.54, 1.807) is 17.8 Å². The fraction of sp³-hybridized carbons (Fsp3) is 0.438. The number of nitrogens with one attached hydrogen (secondary N) is 1. The standard InChI is InChI=1S/C16H22FN3S/c1-5-8-18-12(3)14-10-13(17)6-7-15(14)21-16-9-11(2)19-20(16)4/h6-7,9-10,12,18H,5,8H2,1-4H3. The van der Waals surface area contributed by atoms with Crippen molar-refractivity contribution in [2.24, 2.45) is 7.05 Å². The summed E-state index contributed by atoms with van der Waals surface area (Å²) >= 11 is 1.63. The molecular weight excluding hydrogens is 285 g/mol. The third-order valence-electron chi connectivity index (χ3n) is 3.31. The molecule has 0 amide bonds. The zero-order valence-corrected chi connectivity index (χ0v) is 13.8. The van der Waals surface area contributed by atoms with Crippen molar-refractivity contribution >= 4 is 11.8 Å². The van der Waals surface area contributed by atoms with Crippen molar-refractivity contribution in [3.63, 3.8) is 0 Å². The van der Waals surface area contributed by atoms with Gasteiger partial charge in [-0.25, -0.2) is 4.39 Å². The number of rotatable bonds is 6. The molecule has 0 radical (unpaired) electrons. The lowest BCUT2D eigenvalue weighted by Gasteiger charge is -2.17. The van der Waals surface area contributed by atoms with Gasteiger partial charge in [0, 0.05) is 18.0 Å². The Bertz CT molecular complexity index is 610. The highest BCUT2D eigenvalue weighted by Gasteiger charge is 2.14. The van der Waals surface area contributed by atoms with Crippen molar-refractivity contribution in [2.75, 3.05) is 6.54 Å². The molecule has 0 bridgehead atoms. The van der Waals surface area contributed by atoms with E-state index in [0.717, 1.165) is 34.1 Å². The molecule has 0 spiro atoms. The second-order valence-electron chi connectivity index (χ2n) is 5.21. The van der Waals surface area contributed by atoms with Crippen LogP contribution in [0.25, 0.3) is 0 Å². The molecule has 3 nitrogen and oxygen atoms in total. The minimum atomic E-state index is -0.194. The van der Waals surface area contributed by atoms with Crippen molar-refractivity contribution < 1.29 is 4.39 Å². The van der Waals surface area contributed by atoms with E-state index in [1.807, 2.05) is 30.8 Å². The average molecular weight is 307 g/mol. The molecule has 0 aliphatic carbocycles. The molecule has 0 saturated carbocycles. The monoisotopic (exact) mass is 307 g/mol. The first-order valence-electron chi connectivity index (χ1n) is 7.22. The third-order valence-corrected chi connectivity index (χ3v) is 4.50. The van der Waals surface area contributed by atoms with Crippen molar-refractivity contribution in [3.8, 4) is 0 Å². The van der Waals surface area contributed by atoms with Gasteiger partial charge in [-0.05, 0) is 56.6 Å². The first-order chi connectivity index (χ1) is 10.0. The minimum Gasteiger partial charge on any atom is -0.310 e. The Morgan fingerprint density at radius 1 is 1.38 bits per heavy atom. The van der Waals surface area contributed by atoms with Crippen LogP contribution in [0, 0.1) is 12.7 Å². The fourth-order valence-corrected chi connectivity index (χ4v) is 3.33. The van der Waals surface area contributed by atoms with Crippen molar-refractivity contribution in [1.82, 2.24) is 15.1 Å². The predicted octanol–water partition coefficient (Wildman–Crippen LogP) is 4.08. The van der Waals surface area contributed by atoms with E-state index in [9.17, 15) is 4.39 Å². The summed E-state index contributed by atoms with van der Waals surface area (Å²) < 4.78 is 15.5. The van der Waals surface area contributed by atoms with E-state index < -0.39 is 0 Å². The van der Waals surface area contributed by atoms with Gasteiger partial charge in [-0.2, -0.15) is 5.10 Å². The minimum absolute atomic E-state index is 0.123. The SMILES string of the molecule is CCCNC(C)c1cc(F)ccc1Sc1cc(C)nn1C. The topological polar surface area (TPSA) is 29.9 Å². The van der Waals surface area contributed by atoms with Crippen molar-refractivity contribution in [2.45, 2.75) is 43.2 Å². The van der Waals surface area contributed by atoms with Crippen LogP contribution in [-0.2, 0) is 7.05 Å². The Labute approximate surface area is 129 Å². The van der Waals surface area contributed by atoms with Crippen LogP contribution >= 0.6 is 11.8 Å². The summed E-state index contributed by atoms with van der Waals surface area (Å²) in [4.78, 5) is 1.07. The molecule has 0 aliphatic rings. The molecule has 1 aromatic heterocycles. The molecule has 1 heterocycles. The molecular formula is C16H22FN3S. The van der Waals surface area contributed by atoms with Crippen LogP contribution in [-0.4, -0.2) is 16.3 Å². The van der Waals surface area contributed by atoms with Gasteiger partial charge in [0.25, 0.3) is 0 Å². The first-order valence-corrected chi connectivity index (χ1v) is 8.04. The van der Waals surface area contributed by atoms with Crippen LogP contribution in [0.2, 0.25) is 0 Å². The second-order valence-corrected chi connectivity index (χ2v) is 6.27. The number of hydrogen-bond acceptors (Lipinski definition) is 3. The highest BCUT2D eigenvalue weighted by atomic mass is 32.2. The summed E-state index contributed by atoms with van der Waals surface area (Å²) in [5, 5.41) is 8.83. The molecule has 1 atom stereocenters. The Hall–Kier alpha value is -1.33. The molecule has 2 rings (SSSR count). The second kappa shape index (κ2) is 7.09. The Balaban J connectivity index is 2.28. The van der Waals surface area contributed by atoms with E-state index in [0.29, 0.717) is 0 Å². The number of benzene rings is 1. The molecule has 0 aliphatic heterocycles. The summed E-state index contributed by atoms with van der Waals surface area (Å²) in [5.41, 5.74) is 1.98. The van der Waals surface area contributed by atoms with Crippen LogP contribution in [0.5, 0.6) is 0 Å². The third kappa shape index (κ3) is 4.08. The maximum Gasteiger partial charge on any atom is 0.123 e. The molecule has 2 aromatic rings. The Kier molecular flexibility index (Phi) is 5.42. The van der Waals surface area contributed by atoms with Gasteiger partial charge in [0.05, 0.1) is 10.7 Å². The number of aryl methyl sites for hydroxylation is 2. The number of halogens is 1. The largest absolute Gasteiger partial charge is 0.310 e. The van der Waals surface area contributed by atoms with E-state index >= 15 is 0 Å². The molecule has 1 unspecified atom stereocenters.